The van der Waals surface area contributed by atoms with Crippen molar-refractivity contribution in [3.8, 4) is 0 Å². The maximum atomic E-state index is 11.8. The molecule has 0 bridgehead atoms. The summed E-state index contributed by atoms with van der Waals surface area (Å²) in [5, 5.41) is 8.94. The molecule has 0 aromatic heterocycles. The van der Waals surface area contributed by atoms with Gasteiger partial charge < -0.3 is 10.0 Å². The second-order valence-corrected chi connectivity index (χ2v) is 4.96. The summed E-state index contributed by atoms with van der Waals surface area (Å²) in [7, 11) is 0. The highest BCUT2D eigenvalue weighted by Gasteiger charge is 2.17. The van der Waals surface area contributed by atoms with Crippen LogP contribution in [0.25, 0.3) is 0 Å². The van der Waals surface area contributed by atoms with Crippen LogP contribution >= 0.6 is 15.9 Å². The smallest absolute Gasteiger partial charge is 0.236 e. The van der Waals surface area contributed by atoms with Gasteiger partial charge in [0.15, 0.2) is 0 Å². The Balaban J connectivity index is 2.68. The zero-order chi connectivity index (χ0) is 12.0. The molecule has 88 valence electrons. The van der Waals surface area contributed by atoms with Crippen LogP contribution in [0.3, 0.4) is 0 Å². The average Bonchev–Trinajstić information content (AvgIpc) is 2.29. The number of aliphatic hydroxyl groups excluding tert-OH is 1. The second kappa shape index (κ2) is 6.66. The van der Waals surface area contributed by atoms with Crippen molar-refractivity contribution in [3.05, 3.63) is 35.9 Å². The van der Waals surface area contributed by atoms with E-state index >= 15 is 0 Å². The van der Waals surface area contributed by atoms with E-state index in [1.165, 1.54) is 0 Å². The first-order valence-electron chi connectivity index (χ1n) is 5.22. The number of hydrogen-bond acceptors (Lipinski definition) is 2. The highest BCUT2D eigenvalue weighted by molar-refractivity contribution is 9.10. The second-order valence-electron chi connectivity index (χ2n) is 3.59. The van der Waals surface area contributed by atoms with Crippen molar-refractivity contribution >= 4 is 21.8 Å². The monoisotopic (exact) mass is 285 g/mol. The summed E-state index contributed by atoms with van der Waals surface area (Å²) in [6, 6.07) is 9.75. The minimum atomic E-state index is -0.220. The summed E-state index contributed by atoms with van der Waals surface area (Å²) in [6.07, 6.45) is 0. The van der Waals surface area contributed by atoms with E-state index in [1.807, 2.05) is 30.3 Å². The Morgan fingerprint density at radius 3 is 2.56 bits per heavy atom. The van der Waals surface area contributed by atoms with Gasteiger partial charge >= 0.3 is 0 Å². The number of benzene rings is 1. The van der Waals surface area contributed by atoms with Gasteiger partial charge in [-0.2, -0.15) is 0 Å². The Morgan fingerprint density at radius 1 is 1.44 bits per heavy atom. The number of amides is 1. The number of nitrogens with zero attached hydrogens (tertiary/aromatic N) is 1. The lowest BCUT2D eigenvalue weighted by Gasteiger charge is -2.23. The van der Waals surface area contributed by atoms with Crippen LogP contribution in [0, 0.1) is 0 Å². The van der Waals surface area contributed by atoms with Crippen LogP contribution < -0.4 is 0 Å². The van der Waals surface area contributed by atoms with Gasteiger partial charge in [0, 0.05) is 13.1 Å². The summed E-state index contributed by atoms with van der Waals surface area (Å²) in [6.45, 7) is 2.68. The standard InChI is InChI=1S/C12H16BrNO2/c1-10(13)12(16)14(7-8-15)9-11-5-3-2-4-6-11/h2-6,10,15H,7-9H2,1H3. The molecule has 1 N–H and O–H groups in total. The van der Waals surface area contributed by atoms with Gasteiger partial charge in [0.25, 0.3) is 0 Å². The van der Waals surface area contributed by atoms with Gasteiger partial charge in [-0.15, -0.1) is 0 Å². The molecule has 4 heteroatoms. The van der Waals surface area contributed by atoms with Crippen molar-refractivity contribution in [1.29, 1.82) is 0 Å². The fourth-order valence-electron chi connectivity index (χ4n) is 1.44. The van der Waals surface area contributed by atoms with Crippen LogP contribution in [0.15, 0.2) is 30.3 Å². The molecule has 1 aromatic carbocycles. The average molecular weight is 286 g/mol. The van der Waals surface area contributed by atoms with Crippen molar-refractivity contribution in [2.75, 3.05) is 13.2 Å². The number of aliphatic hydroxyl groups is 1. The summed E-state index contributed by atoms with van der Waals surface area (Å²) < 4.78 is 0. The first-order valence-corrected chi connectivity index (χ1v) is 6.14. The number of halogens is 1. The molecule has 0 radical (unpaired) electrons. The van der Waals surface area contributed by atoms with E-state index < -0.39 is 0 Å². The lowest BCUT2D eigenvalue weighted by molar-refractivity contribution is -0.131. The molecule has 0 aliphatic rings. The van der Waals surface area contributed by atoms with Crippen molar-refractivity contribution in [1.82, 2.24) is 4.90 Å². The Morgan fingerprint density at radius 2 is 2.06 bits per heavy atom. The van der Waals surface area contributed by atoms with Gasteiger partial charge in [-0.25, -0.2) is 0 Å². The zero-order valence-electron chi connectivity index (χ0n) is 9.27. The lowest BCUT2D eigenvalue weighted by Crippen LogP contribution is -2.37. The third-order valence-electron chi connectivity index (χ3n) is 2.24. The first kappa shape index (κ1) is 13.2. The third-order valence-corrected chi connectivity index (χ3v) is 2.63. The summed E-state index contributed by atoms with van der Waals surface area (Å²) in [5.74, 6) is -0.00194. The van der Waals surface area contributed by atoms with Crippen LogP contribution in [-0.2, 0) is 11.3 Å². The van der Waals surface area contributed by atoms with Gasteiger partial charge in [-0.1, -0.05) is 46.3 Å². The Bertz CT molecular complexity index is 327. The van der Waals surface area contributed by atoms with E-state index in [-0.39, 0.29) is 17.3 Å². The minimum Gasteiger partial charge on any atom is -0.395 e. The molecule has 1 unspecified atom stereocenters. The molecule has 0 heterocycles. The van der Waals surface area contributed by atoms with Gasteiger partial charge in [-0.05, 0) is 12.5 Å². The van der Waals surface area contributed by atoms with Crippen LogP contribution in [0.5, 0.6) is 0 Å². The minimum absolute atomic E-state index is 0.00194. The maximum Gasteiger partial charge on any atom is 0.236 e. The van der Waals surface area contributed by atoms with Crippen LogP contribution in [0.4, 0.5) is 0 Å². The van der Waals surface area contributed by atoms with Crippen molar-refractivity contribution in [2.24, 2.45) is 0 Å². The molecule has 0 spiro atoms. The number of carbonyl (C=O) groups excluding carboxylic acids is 1. The van der Waals surface area contributed by atoms with Gasteiger partial charge in [0.2, 0.25) is 5.91 Å². The molecule has 0 fully saturated rings. The molecule has 3 nitrogen and oxygen atoms in total. The Hall–Kier alpha value is -0.870. The predicted molar refractivity (Wildman–Crippen MR) is 67.3 cm³/mol. The summed E-state index contributed by atoms with van der Waals surface area (Å²) in [5.41, 5.74) is 1.07. The van der Waals surface area contributed by atoms with Crippen molar-refractivity contribution < 1.29 is 9.90 Å². The Kier molecular flexibility index (Phi) is 5.49. The number of hydrogen-bond donors (Lipinski definition) is 1. The number of rotatable bonds is 5. The molecule has 1 rings (SSSR count). The van der Waals surface area contributed by atoms with Crippen LogP contribution in [0.1, 0.15) is 12.5 Å². The topological polar surface area (TPSA) is 40.5 Å². The lowest BCUT2D eigenvalue weighted by atomic mass is 10.2. The third kappa shape index (κ3) is 3.94. The molecular weight excluding hydrogens is 270 g/mol. The van der Waals surface area contributed by atoms with E-state index in [2.05, 4.69) is 15.9 Å². The van der Waals surface area contributed by atoms with E-state index in [0.29, 0.717) is 13.1 Å². The van der Waals surface area contributed by atoms with Crippen molar-refractivity contribution in [3.63, 3.8) is 0 Å². The number of alkyl halides is 1. The molecule has 1 atom stereocenters. The summed E-state index contributed by atoms with van der Waals surface area (Å²) >= 11 is 3.25. The SMILES string of the molecule is CC(Br)C(=O)N(CCO)Cc1ccccc1. The largest absolute Gasteiger partial charge is 0.395 e. The predicted octanol–water partition coefficient (Wildman–Crippen LogP) is 1.79. The maximum absolute atomic E-state index is 11.8. The van der Waals surface area contributed by atoms with E-state index in [4.69, 9.17) is 5.11 Å². The fraction of sp³-hybridized carbons (Fsp3) is 0.417. The fourth-order valence-corrected chi connectivity index (χ4v) is 1.73. The molecule has 0 saturated carbocycles. The Labute approximate surface area is 104 Å². The highest BCUT2D eigenvalue weighted by Crippen LogP contribution is 2.09. The van der Waals surface area contributed by atoms with E-state index in [0.717, 1.165) is 5.56 Å². The molecular formula is C12H16BrNO2. The highest BCUT2D eigenvalue weighted by atomic mass is 79.9. The van der Waals surface area contributed by atoms with Gasteiger partial charge in [0.05, 0.1) is 11.4 Å². The molecule has 1 amide bonds. The molecule has 16 heavy (non-hydrogen) atoms. The number of carbonyl (C=O) groups is 1. The van der Waals surface area contributed by atoms with E-state index in [9.17, 15) is 4.79 Å². The quantitative estimate of drug-likeness (QED) is 0.838. The van der Waals surface area contributed by atoms with Crippen LogP contribution in [-0.4, -0.2) is 33.9 Å². The first-order chi connectivity index (χ1) is 7.65. The molecule has 0 aliphatic heterocycles. The van der Waals surface area contributed by atoms with Crippen LogP contribution in [0.2, 0.25) is 0 Å². The van der Waals surface area contributed by atoms with E-state index in [1.54, 1.807) is 11.8 Å². The van der Waals surface area contributed by atoms with Gasteiger partial charge in [0.1, 0.15) is 0 Å². The van der Waals surface area contributed by atoms with Gasteiger partial charge in [-0.3, -0.25) is 4.79 Å². The molecule has 1 aromatic rings. The zero-order valence-corrected chi connectivity index (χ0v) is 10.9. The molecule has 0 saturated heterocycles. The molecule has 0 aliphatic carbocycles. The van der Waals surface area contributed by atoms with Crippen molar-refractivity contribution in [2.45, 2.75) is 18.3 Å². The normalized spacial score (nSPS) is 12.2. The summed E-state index contributed by atoms with van der Waals surface area (Å²) in [4.78, 5) is 13.2.